The van der Waals surface area contributed by atoms with Crippen molar-refractivity contribution in [2.24, 2.45) is 0 Å². The number of aryl methyl sites for hydroxylation is 1. The molecule has 2 aromatic rings. The lowest BCUT2D eigenvalue weighted by molar-refractivity contribution is 0.0948. The third-order valence-corrected chi connectivity index (χ3v) is 4.39. The smallest absolute Gasteiger partial charge is 0.255 e. The van der Waals surface area contributed by atoms with E-state index in [1.54, 1.807) is 30.6 Å². The first kappa shape index (κ1) is 15.0. The van der Waals surface area contributed by atoms with Crippen molar-refractivity contribution >= 4 is 33.2 Å². The van der Waals surface area contributed by atoms with Gasteiger partial charge in [0.15, 0.2) is 0 Å². The Morgan fingerprint density at radius 3 is 2.95 bits per heavy atom. The number of thiazole rings is 1. The van der Waals surface area contributed by atoms with Gasteiger partial charge in [0, 0.05) is 15.5 Å². The molecule has 0 aliphatic heterocycles. The molecule has 1 aromatic heterocycles. The zero-order valence-electron chi connectivity index (χ0n) is 11.3. The van der Waals surface area contributed by atoms with Crippen molar-refractivity contribution in [1.29, 1.82) is 0 Å². The lowest BCUT2D eigenvalue weighted by atomic mass is 10.2. The molecule has 1 amide bonds. The van der Waals surface area contributed by atoms with E-state index in [1.807, 2.05) is 12.3 Å². The molecule has 4 nitrogen and oxygen atoms in total. The second-order valence-electron chi connectivity index (χ2n) is 4.10. The van der Waals surface area contributed by atoms with E-state index in [1.165, 1.54) is 4.88 Å². The number of nitrogens with one attached hydrogen (secondary N) is 1. The number of halogens is 1. The van der Waals surface area contributed by atoms with E-state index in [0.29, 0.717) is 17.9 Å². The van der Waals surface area contributed by atoms with Crippen LogP contribution < -0.4 is 10.1 Å². The number of carbonyl (C=O) groups excluding carboxylic acids is 1. The van der Waals surface area contributed by atoms with Gasteiger partial charge in [-0.05, 0) is 24.6 Å². The first-order chi connectivity index (χ1) is 9.63. The van der Waals surface area contributed by atoms with Crippen LogP contribution in [0.3, 0.4) is 0 Å². The highest BCUT2D eigenvalue weighted by molar-refractivity contribution is 9.10. The number of ether oxygens (including phenoxy) is 1. The van der Waals surface area contributed by atoms with Crippen LogP contribution in [0.15, 0.2) is 28.9 Å². The van der Waals surface area contributed by atoms with Gasteiger partial charge in [0.1, 0.15) is 10.8 Å². The molecular formula is C14H15BrN2O2S. The van der Waals surface area contributed by atoms with Crippen LogP contribution in [0, 0.1) is 0 Å². The molecule has 106 valence electrons. The fraction of sp³-hybridized carbons (Fsp3) is 0.286. The molecule has 6 heteroatoms. The highest BCUT2D eigenvalue weighted by Gasteiger charge is 2.12. The Balaban J connectivity index is 2.04. The summed E-state index contributed by atoms with van der Waals surface area (Å²) in [7, 11) is 1.55. The summed E-state index contributed by atoms with van der Waals surface area (Å²) < 4.78 is 6.09. The highest BCUT2D eigenvalue weighted by Crippen LogP contribution is 2.23. The van der Waals surface area contributed by atoms with Gasteiger partial charge in [-0.25, -0.2) is 4.98 Å². The molecule has 0 aliphatic carbocycles. The van der Waals surface area contributed by atoms with Gasteiger partial charge in [-0.1, -0.05) is 22.9 Å². The molecule has 0 atom stereocenters. The van der Waals surface area contributed by atoms with Crippen LogP contribution in [0.2, 0.25) is 0 Å². The van der Waals surface area contributed by atoms with E-state index in [2.05, 4.69) is 33.2 Å². The largest absolute Gasteiger partial charge is 0.496 e. The number of methoxy groups -OCH3 is 1. The summed E-state index contributed by atoms with van der Waals surface area (Å²) >= 11 is 4.97. The first-order valence-corrected chi connectivity index (χ1v) is 7.80. The Bertz CT molecular complexity index is 613. The second-order valence-corrected chi connectivity index (χ2v) is 6.22. The number of amides is 1. The van der Waals surface area contributed by atoms with Gasteiger partial charge in [0.05, 0.1) is 19.2 Å². The number of rotatable bonds is 5. The van der Waals surface area contributed by atoms with Gasteiger partial charge in [-0.3, -0.25) is 4.79 Å². The van der Waals surface area contributed by atoms with Crippen molar-refractivity contribution in [2.45, 2.75) is 19.9 Å². The number of aromatic nitrogens is 1. The predicted molar refractivity (Wildman–Crippen MR) is 83.4 cm³/mol. The zero-order valence-corrected chi connectivity index (χ0v) is 13.7. The molecule has 1 N–H and O–H groups in total. The van der Waals surface area contributed by atoms with E-state index in [0.717, 1.165) is 15.9 Å². The first-order valence-electron chi connectivity index (χ1n) is 6.19. The molecule has 0 spiro atoms. The van der Waals surface area contributed by atoms with Crippen molar-refractivity contribution in [2.75, 3.05) is 7.11 Å². The minimum absolute atomic E-state index is 0.164. The summed E-state index contributed by atoms with van der Waals surface area (Å²) in [6, 6.07) is 5.32. The van der Waals surface area contributed by atoms with Gasteiger partial charge in [0.25, 0.3) is 5.91 Å². The number of carbonyl (C=O) groups is 1. The van der Waals surface area contributed by atoms with Crippen LogP contribution in [0.1, 0.15) is 27.2 Å². The Kier molecular flexibility index (Phi) is 5.14. The fourth-order valence-corrected chi connectivity index (χ4v) is 2.84. The average molecular weight is 355 g/mol. The van der Waals surface area contributed by atoms with Crippen LogP contribution in [-0.4, -0.2) is 18.0 Å². The quantitative estimate of drug-likeness (QED) is 0.894. The van der Waals surface area contributed by atoms with Crippen LogP contribution in [-0.2, 0) is 13.0 Å². The van der Waals surface area contributed by atoms with Crippen molar-refractivity contribution in [3.63, 3.8) is 0 Å². The van der Waals surface area contributed by atoms with E-state index in [-0.39, 0.29) is 5.91 Å². The minimum atomic E-state index is -0.164. The summed E-state index contributed by atoms with van der Waals surface area (Å²) in [4.78, 5) is 17.6. The number of benzene rings is 1. The Morgan fingerprint density at radius 2 is 2.30 bits per heavy atom. The van der Waals surface area contributed by atoms with Gasteiger partial charge in [0.2, 0.25) is 0 Å². The van der Waals surface area contributed by atoms with Crippen LogP contribution in [0.5, 0.6) is 5.75 Å². The molecule has 0 bridgehead atoms. The number of nitrogens with zero attached hydrogens (tertiary/aromatic N) is 1. The second kappa shape index (κ2) is 6.85. The maximum absolute atomic E-state index is 12.2. The third-order valence-electron chi connectivity index (χ3n) is 2.76. The SMILES string of the molecule is CCc1cnc(CNC(=O)c2ccc(Br)cc2OC)s1. The lowest BCUT2D eigenvalue weighted by Crippen LogP contribution is -2.23. The Labute approximate surface area is 130 Å². The van der Waals surface area contributed by atoms with E-state index in [9.17, 15) is 4.79 Å². The van der Waals surface area contributed by atoms with Gasteiger partial charge < -0.3 is 10.1 Å². The molecule has 2 rings (SSSR count). The zero-order chi connectivity index (χ0) is 14.5. The monoisotopic (exact) mass is 354 g/mol. The van der Waals surface area contributed by atoms with Gasteiger partial charge in [-0.15, -0.1) is 11.3 Å². The van der Waals surface area contributed by atoms with Crippen molar-refractivity contribution in [3.05, 3.63) is 44.3 Å². The van der Waals surface area contributed by atoms with Crippen molar-refractivity contribution in [1.82, 2.24) is 10.3 Å². The fourth-order valence-electron chi connectivity index (χ4n) is 1.70. The van der Waals surface area contributed by atoms with E-state index < -0.39 is 0 Å². The topological polar surface area (TPSA) is 51.2 Å². The maximum atomic E-state index is 12.2. The standard InChI is InChI=1S/C14H15BrN2O2S/c1-3-10-7-16-13(20-10)8-17-14(18)11-5-4-9(15)6-12(11)19-2/h4-7H,3,8H2,1-2H3,(H,17,18). The summed E-state index contributed by atoms with van der Waals surface area (Å²) in [5.74, 6) is 0.382. The Morgan fingerprint density at radius 1 is 1.50 bits per heavy atom. The molecule has 0 fully saturated rings. The van der Waals surface area contributed by atoms with E-state index in [4.69, 9.17) is 4.74 Å². The van der Waals surface area contributed by atoms with Gasteiger partial charge >= 0.3 is 0 Å². The van der Waals surface area contributed by atoms with Crippen molar-refractivity contribution in [3.8, 4) is 5.75 Å². The molecule has 1 heterocycles. The van der Waals surface area contributed by atoms with Crippen molar-refractivity contribution < 1.29 is 9.53 Å². The molecule has 0 saturated heterocycles. The minimum Gasteiger partial charge on any atom is -0.496 e. The average Bonchev–Trinajstić information content (AvgIpc) is 2.92. The molecule has 0 radical (unpaired) electrons. The van der Waals surface area contributed by atoms with E-state index >= 15 is 0 Å². The molecule has 20 heavy (non-hydrogen) atoms. The lowest BCUT2D eigenvalue weighted by Gasteiger charge is -2.08. The van der Waals surface area contributed by atoms with Crippen LogP contribution in [0.25, 0.3) is 0 Å². The molecule has 0 aliphatic rings. The molecule has 0 unspecified atom stereocenters. The summed E-state index contributed by atoms with van der Waals surface area (Å²) in [5, 5.41) is 3.77. The molecule has 0 saturated carbocycles. The predicted octanol–water partition coefficient (Wildman–Crippen LogP) is 3.41. The van der Waals surface area contributed by atoms with Gasteiger partial charge in [-0.2, -0.15) is 0 Å². The summed E-state index contributed by atoms with van der Waals surface area (Å²) in [5.41, 5.74) is 0.517. The number of hydrogen-bond acceptors (Lipinski definition) is 4. The Hall–Kier alpha value is -1.40. The summed E-state index contributed by atoms with van der Waals surface area (Å²) in [6.07, 6.45) is 2.82. The third kappa shape index (κ3) is 3.58. The van der Waals surface area contributed by atoms with Crippen LogP contribution in [0.4, 0.5) is 0 Å². The molecule has 1 aromatic carbocycles. The maximum Gasteiger partial charge on any atom is 0.255 e. The number of hydrogen-bond donors (Lipinski definition) is 1. The van der Waals surface area contributed by atoms with Crippen LogP contribution >= 0.6 is 27.3 Å². The normalized spacial score (nSPS) is 10.3. The molecular weight excluding hydrogens is 340 g/mol. The highest BCUT2D eigenvalue weighted by atomic mass is 79.9. The summed E-state index contributed by atoms with van der Waals surface area (Å²) in [6.45, 7) is 2.52.